The van der Waals surface area contributed by atoms with Crippen LogP contribution >= 0.6 is 0 Å². The fraction of sp³-hybridized carbons (Fsp3) is 0.375. The summed E-state index contributed by atoms with van der Waals surface area (Å²) in [6.07, 6.45) is 5.77. The van der Waals surface area contributed by atoms with Crippen molar-refractivity contribution in [2.45, 2.75) is 19.6 Å². The molecule has 158 valence electrons. The summed E-state index contributed by atoms with van der Waals surface area (Å²) in [5.41, 5.74) is 3.10. The van der Waals surface area contributed by atoms with E-state index < -0.39 is 0 Å². The fourth-order valence-corrected chi connectivity index (χ4v) is 3.86. The Morgan fingerprint density at radius 1 is 1.00 bits per heavy atom. The molecule has 0 radical (unpaired) electrons. The Morgan fingerprint density at radius 3 is 2.67 bits per heavy atom. The van der Waals surface area contributed by atoms with Crippen LogP contribution in [0.2, 0.25) is 0 Å². The summed E-state index contributed by atoms with van der Waals surface area (Å²) in [6.45, 7) is 7.76. The molecule has 0 atom stereocenters. The first-order valence-corrected chi connectivity index (χ1v) is 10.6. The average molecular weight is 409 g/mol. The number of morpholine rings is 1. The van der Waals surface area contributed by atoms with E-state index in [1.165, 1.54) is 17.3 Å². The van der Waals surface area contributed by atoms with Crippen LogP contribution in [-0.4, -0.2) is 58.7 Å². The molecule has 3 heterocycles. The molecule has 0 amide bonds. The van der Waals surface area contributed by atoms with Crippen LogP contribution < -0.4 is 0 Å². The number of nitrogens with zero attached hydrogens (tertiary/aromatic N) is 4. The van der Waals surface area contributed by atoms with Crippen molar-refractivity contribution in [2.75, 3.05) is 39.4 Å². The molecule has 0 aliphatic carbocycles. The van der Waals surface area contributed by atoms with Crippen molar-refractivity contribution in [3.05, 3.63) is 89.8 Å². The molecule has 1 fully saturated rings. The van der Waals surface area contributed by atoms with Crippen molar-refractivity contribution in [2.24, 2.45) is 0 Å². The minimum atomic E-state index is -0.156. The van der Waals surface area contributed by atoms with Crippen LogP contribution in [0.3, 0.4) is 0 Å². The number of pyridine rings is 1. The van der Waals surface area contributed by atoms with Crippen LogP contribution in [-0.2, 0) is 24.4 Å². The highest BCUT2D eigenvalue weighted by Gasteiger charge is 2.15. The topological polar surface area (TPSA) is 33.5 Å². The largest absolute Gasteiger partial charge is 0.379 e. The third kappa shape index (κ3) is 5.75. The van der Waals surface area contributed by atoms with Crippen LogP contribution in [0.1, 0.15) is 16.8 Å². The van der Waals surface area contributed by atoms with Crippen molar-refractivity contribution < 1.29 is 9.13 Å². The van der Waals surface area contributed by atoms with Gasteiger partial charge in [0.2, 0.25) is 0 Å². The van der Waals surface area contributed by atoms with Gasteiger partial charge in [-0.1, -0.05) is 24.3 Å². The summed E-state index contributed by atoms with van der Waals surface area (Å²) < 4.78 is 21.8. The molecule has 1 saturated heterocycles. The van der Waals surface area contributed by atoms with E-state index in [1.807, 2.05) is 36.7 Å². The molecule has 0 spiro atoms. The Balaban J connectivity index is 1.45. The average Bonchev–Trinajstić information content (AvgIpc) is 3.21. The van der Waals surface area contributed by atoms with E-state index in [-0.39, 0.29) is 5.82 Å². The zero-order chi connectivity index (χ0) is 20.6. The Morgan fingerprint density at radius 2 is 1.87 bits per heavy atom. The quantitative estimate of drug-likeness (QED) is 0.543. The second kappa shape index (κ2) is 10.5. The second-order valence-corrected chi connectivity index (χ2v) is 7.74. The van der Waals surface area contributed by atoms with Gasteiger partial charge in [-0.3, -0.25) is 14.8 Å². The van der Waals surface area contributed by atoms with Gasteiger partial charge < -0.3 is 9.30 Å². The predicted octanol–water partition coefficient (Wildman–Crippen LogP) is 3.40. The van der Waals surface area contributed by atoms with Gasteiger partial charge in [0.15, 0.2) is 0 Å². The van der Waals surface area contributed by atoms with Gasteiger partial charge in [0.25, 0.3) is 0 Å². The number of rotatable bonds is 9. The van der Waals surface area contributed by atoms with Crippen molar-refractivity contribution in [1.82, 2.24) is 19.4 Å². The van der Waals surface area contributed by atoms with Gasteiger partial charge in [-0.05, 0) is 29.8 Å². The van der Waals surface area contributed by atoms with E-state index in [1.54, 1.807) is 12.3 Å². The molecular weight excluding hydrogens is 379 g/mol. The molecule has 4 rings (SSSR count). The molecule has 6 heteroatoms. The number of benzene rings is 1. The summed E-state index contributed by atoms with van der Waals surface area (Å²) in [5, 5.41) is 0. The molecule has 1 aromatic carbocycles. The van der Waals surface area contributed by atoms with Gasteiger partial charge in [-0.2, -0.15) is 0 Å². The van der Waals surface area contributed by atoms with Crippen LogP contribution in [0.25, 0.3) is 0 Å². The molecule has 30 heavy (non-hydrogen) atoms. The van der Waals surface area contributed by atoms with Gasteiger partial charge in [0.1, 0.15) is 5.82 Å². The molecule has 5 nitrogen and oxygen atoms in total. The van der Waals surface area contributed by atoms with Gasteiger partial charge in [0, 0.05) is 69.1 Å². The number of halogens is 1. The van der Waals surface area contributed by atoms with Gasteiger partial charge >= 0.3 is 0 Å². The Labute approximate surface area is 177 Å². The minimum absolute atomic E-state index is 0.156. The van der Waals surface area contributed by atoms with Crippen LogP contribution in [0.5, 0.6) is 0 Å². The van der Waals surface area contributed by atoms with Crippen molar-refractivity contribution >= 4 is 0 Å². The number of aromatic nitrogens is 2. The van der Waals surface area contributed by atoms with Crippen molar-refractivity contribution in [1.29, 1.82) is 0 Å². The molecule has 2 aromatic heterocycles. The smallest absolute Gasteiger partial charge is 0.128 e. The lowest BCUT2D eigenvalue weighted by molar-refractivity contribution is 0.0323. The summed E-state index contributed by atoms with van der Waals surface area (Å²) >= 11 is 0. The normalized spacial score (nSPS) is 15.0. The Kier molecular flexibility index (Phi) is 7.24. The lowest BCUT2D eigenvalue weighted by Crippen LogP contribution is -2.41. The summed E-state index contributed by atoms with van der Waals surface area (Å²) in [4.78, 5) is 9.17. The van der Waals surface area contributed by atoms with E-state index in [0.717, 1.165) is 52.5 Å². The van der Waals surface area contributed by atoms with E-state index in [4.69, 9.17) is 4.74 Å². The van der Waals surface area contributed by atoms with Crippen molar-refractivity contribution in [3.8, 4) is 0 Å². The monoisotopic (exact) mass is 408 g/mol. The standard InChI is InChI=1S/C24H29FN4O/c25-24-8-2-1-6-22(24)19-29-10-4-7-23(29)20-28(18-21-5-3-9-26-17-21)12-11-27-13-15-30-16-14-27/h1-10,17H,11-16,18-20H2. The molecular formula is C24H29FN4O. The molecule has 1 aliphatic heterocycles. The van der Waals surface area contributed by atoms with Crippen molar-refractivity contribution in [3.63, 3.8) is 0 Å². The fourth-order valence-electron chi connectivity index (χ4n) is 3.86. The van der Waals surface area contributed by atoms with E-state index in [2.05, 4.69) is 31.5 Å². The molecule has 3 aromatic rings. The summed E-state index contributed by atoms with van der Waals surface area (Å²) in [5.74, 6) is -0.156. The summed E-state index contributed by atoms with van der Waals surface area (Å²) in [7, 11) is 0. The van der Waals surface area contributed by atoms with Crippen LogP contribution in [0.15, 0.2) is 67.1 Å². The molecule has 1 aliphatic rings. The number of hydrogen-bond donors (Lipinski definition) is 0. The third-order valence-corrected chi connectivity index (χ3v) is 5.57. The maximum atomic E-state index is 14.1. The third-order valence-electron chi connectivity index (χ3n) is 5.57. The zero-order valence-corrected chi connectivity index (χ0v) is 17.3. The number of ether oxygens (including phenoxy) is 1. The highest BCUT2D eigenvalue weighted by Crippen LogP contribution is 2.15. The highest BCUT2D eigenvalue weighted by atomic mass is 19.1. The van der Waals surface area contributed by atoms with E-state index >= 15 is 0 Å². The summed E-state index contributed by atoms with van der Waals surface area (Å²) in [6, 6.07) is 15.3. The SMILES string of the molecule is Fc1ccccc1Cn1cccc1CN(CCN1CCOCC1)Cc1cccnc1. The van der Waals surface area contributed by atoms with E-state index in [0.29, 0.717) is 12.1 Å². The lowest BCUT2D eigenvalue weighted by Gasteiger charge is -2.30. The zero-order valence-electron chi connectivity index (χ0n) is 17.3. The minimum Gasteiger partial charge on any atom is -0.379 e. The number of hydrogen-bond acceptors (Lipinski definition) is 4. The Bertz CT molecular complexity index is 908. The maximum Gasteiger partial charge on any atom is 0.128 e. The second-order valence-electron chi connectivity index (χ2n) is 7.74. The lowest BCUT2D eigenvalue weighted by atomic mass is 10.2. The molecule has 0 bridgehead atoms. The first kappa shape index (κ1) is 20.7. The van der Waals surface area contributed by atoms with E-state index in [9.17, 15) is 4.39 Å². The predicted molar refractivity (Wildman–Crippen MR) is 116 cm³/mol. The van der Waals surface area contributed by atoms with Gasteiger partial charge in [-0.15, -0.1) is 0 Å². The molecule has 0 N–H and O–H groups in total. The first-order valence-electron chi connectivity index (χ1n) is 10.6. The molecule has 0 unspecified atom stereocenters. The first-order chi connectivity index (χ1) is 14.8. The van der Waals surface area contributed by atoms with Gasteiger partial charge in [0.05, 0.1) is 19.8 Å². The van der Waals surface area contributed by atoms with Gasteiger partial charge in [-0.25, -0.2) is 4.39 Å². The van der Waals surface area contributed by atoms with Crippen LogP contribution in [0.4, 0.5) is 4.39 Å². The van der Waals surface area contributed by atoms with Crippen LogP contribution in [0, 0.1) is 5.82 Å². The maximum absolute atomic E-state index is 14.1. The Hall–Kier alpha value is -2.54. The molecule has 0 saturated carbocycles. The highest BCUT2D eigenvalue weighted by molar-refractivity contribution is 5.20.